The maximum absolute atomic E-state index is 12.3. The molecule has 23 heavy (non-hydrogen) atoms. The van der Waals surface area contributed by atoms with Crippen LogP contribution < -0.4 is 0 Å². The molecule has 1 aromatic heterocycles. The fourth-order valence-electron chi connectivity index (χ4n) is 3.21. The topological polar surface area (TPSA) is 47.4 Å². The van der Waals surface area contributed by atoms with Crippen LogP contribution in [0.2, 0.25) is 0 Å². The molecule has 5 nitrogen and oxygen atoms in total. The van der Waals surface area contributed by atoms with E-state index in [-0.39, 0.29) is 6.09 Å². The molecule has 3 rings (SSSR count). The number of hydrogen-bond acceptors (Lipinski definition) is 3. The van der Waals surface area contributed by atoms with Crippen molar-refractivity contribution in [1.29, 1.82) is 0 Å². The van der Waals surface area contributed by atoms with Gasteiger partial charge in [0.25, 0.3) is 0 Å². The normalized spacial score (nSPS) is 14.0. The van der Waals surface area contributed by atoms with Crippen LogP contribution in [-0.2, 0) is 31.4 Å². The van der Waals surface area contributed by atoms with E-state index in [9.17, 15) is 4.79 Å². The van der Waals surface area contributed by atoms with Crippen LogP contribution in [0.15, 0.2) is 30.3 Å². The van der Waals surface area contributed by atoms with Gasteiger partial charge in [-0.2, -0.15) is 5.10 Å². The lowest BCUT2D eigenvalue weighted by atomic mass is 9.99. The second-order valence-electron chi connectivity index (χ2n) is 6.30. The van der Waals surface area contributed by atoms with Crippen LogP contribution in [0.1, 0.15) is 42.3 Å². The van der Waals surface area contributed by atoms with Crippen molar-refractivity contribution >= 4 is 6.09 Å². The van der Waals surface area contributed by atoms with Crippen LogP contribution in [0.5, 0.6) is 0 Å². The van der Waals surface area contributed by atoms with Crippen molar-refractivity contribution in [2.75, 3.05) is 6.54 Å². The first-order valence-corrected chi connectivity index (χ1v) is 8.06. The third-order valence-corrected chi connectivity index (χ3v) is 4.25. The average Bonchev–Trinajstić information content (AvgIpc) is 2.88. The van der Waals surface area contributed by atoms with Gasteiger partial charge < -0.3 is 9.64 Å². The first-order valence-electron chi connectivity index (χ1n) is 8.06. The van der Waals surface area contributed by atoms with Crippen molar-refractivity contribution in [2.24, 2.45) is 7.05 Å². The van der Waals surface area contributed by atoms with Gasteiger partial charge in [-0.15, -0.1) is 0 Å². The van der Waals surface area contributed by atoms with Gasteiger partial charge in [-0.3, -0.25) is 4.68 Å². The van der Waals surface area contributed by atoms with Crippen LogP contribution in [0.3, 0.4) is 0 Å². The lowest BCUT2D eigenvalue weighted by Crippen LogP contribution is -2.36. The Kier molecular flexibility index (Phi) is 4.37. The van der Waals surface area contributed by atoms with E-state index in [0.29, 0.717) is 25.6 Å². The molecule has 0 N–H and O–H groups in total. The average molecular weight is 313 g/mol. The standard InChI is InChI=1S/C18H23N3O2/c1-13(2)17-15-11-21(10-9-16(15)19-20(17)3)18(22)23-12-14-7-5-4-6-8-14/h4-8,13H,9-12H2,1-3H3. The number of aromatic nitrogens is 2. The summed E-state index contributed by atoms with van der Waals surface area (Å²) in [6, 6.07) is 9.76. The molecule has 0 unspecified atom stereocenters. The molecule has 0 bridgehead atoms. The largest absolute Gasteiger partial charge is 0.445 e. The lowest BCUT2D eigenvalue weighted by Gasteiger charge is -2.26. The summed E-state index contributed by atoms with van der Waals surface area (Å²) < 4.78 is 7.40. The number of benzene rings is 1. The predicted molar refractivity (Wildman–Crippen MR) is 88.0 cm³/mol. The first kappa shape index (κ1) is 15.6. The summed E-state index contributed by atoms with van der Waals surface area (Å²) in [4.78, 5) is 14.1. The van der Waals surface area contributed by atoms with Gasteiger partial charge in [-0.1, -0.05) is 44.2 Å². The highest BCUT2D eigenvalue weighted by Gasteiger charge is 2.28. The molecular weight excluding hydrogens is 290 g/mol. The highest BCUT2D eigenvalue weighted by atomic mass is 16.6. The summed E-state index contributed by atoms with van der Waals surface area (Å²) in [5.41, 5.74) is 4.51. The lowest BCUT2D eigenvalue weighted by molar-refractivity contribution is 0.0916. The summed E-state index contributed by atoms with van der Waals surface area (Å²) in [6.07, 6.45) is 0.536. The van der Waals surface area contributed by atoms with E-state index in [0.717, 1.165) is 17.7 Å². The Morgan fingerprint density at radius 1 is 1.30 bits per heavy atom. The third-order valence-electron chi connectivity index (χ3n) is 4.25. The van der Waals surface area contributed by atoms with Crippen LogP contribution >= 0.6 is 0 Å². The molecular formula is C18H23N3O2. The molecule has 2 heterocycles. The molecule has 122 valence electrons. The summed E-state index contributed by atoms with van der Waals surface area (Å²) in [6.45, 7) is 5.88. The minimum Gasteiger partial charge on any atom is -0.445 e. The highest BCUT2D eigenvalue weighted by Crippen LogP contribution is 2.27. The third kappa shape index (κ3) is 3.23. The number of nitrogens with zero attached hydrogens (tertiary/aromatic N) is 3. The number of hydrogen-bond donors (Lipinski definition) is 0. The van der Waals surface area contributed by atoms with Crippen LogP contribution in [0.4, 0.5) is 4.79 Å². The predicted octanol–water partition coefficient (Wildman–Crippen LogP) is 3.24. The van der Waals surface area contributed by atoms with Gasteiger partial charge in [-0.05, 0) is 11.5 Å². The Bertz CT molecular complexity index is 692. The molecule has 1 aliphatic heterocycles. The van der Waals surface area contributed by atoms with Crippen molar-refractivity contribution < 1.29 is 9.53 Å². The van der Waals surface area contributed by atoms with Crippen molar-refractivity contribution in [2.45, 2.75) is 39.3 Å². The van der Waals surface area contributed by atoms with Crippen molar-refractivity contribution in [1.82, 2.24) is 14.7 Å². The van der Waals surface area contributed by atoms with Crippen molar-refractivity contribution in [3.8, 4) is 0 Å². The molecule has 0 aliphatic carbocycles. The van der Waals surface area contributed by atoms with E-state index in [1.807, 2.05) is 42.1 Å². The second-order valence-corrected chi connectivity index (χ2v) is 6.30. The van der Waals surface area contributed by atoms with Crippen LogP contribution in [-0.4, -0.2) is 27.3 Å². The monoisotopic (exact) mass is 313 g/mol. The van der Waals surface area contributed by atoms with Crippen LogP contribution in [0.25, 0.3) is 0 Å². The van der Waals surface area contributed by atoms with Crippen molar-refractivity contribution in [3.05, 3.63) is 52.8 Å². The highest BCUT2D eigenvalue weighted by molar-refractivity contribution is 5.68. The zero-order valence-electron chi connectivity index (χ0n) is 14.0. The maximum Gasteiger partial charge on any atom is 0.410 e. The molecule has 0 spiro atoms. The summed E-state index contributed by atoms with van der Waals surface area (Å²) in [5.74, 6) is 0.386. The molecule has 0 atom stereocenters. The summed E-state index contributed by atoms with van der Waals surface area (Å²) in [7, 11) is 1.98. The Hall–Kier alpha value is -2.30. The quantitative estimate of drug-likeness (QED) is 0.874. The zero-order valence-corrected chi connectivity index (χ0v) is 14.0. The number of carbonyl (C=O) groups excluding carboxylic acids is 1. The molecule has 0 radical (unpaired) electrons. The van der Waals surface area contributed by atoms with E-state index in [1.54, 1.807) is 4.90 Å². The van der Waals surface area contributed by atoms with E-state index in [1.165, 1.54) is 11.3 Å². The number of amides is 1. The van der Waals surface area contributed by atoms with E-state index in [2.05, 4.69) is 18.9 Å². The molecule has 2 aromatic rings. The molecule has 0 saturated heterocycles. The second kappa shape index (κ2) is 6.44. The Balaban J connectivity index is 1.68. The van der Waals surface area contributed by atoms with Gasteiger partial charge in [0.15, 0.2) is 0 Å². The van der Waals surface area contributed by atoms with Gasteiger partial charge in [-0.25, -0.2) is 4.79 Å². The smallest absolute Gasteiger partial charge is 0.410 e. The van der Waals surface area contributed by atoms with Crippen LogP contribution in [0, 0.1) is 0 Å². The van der Waals surface area contributed by atoms with Gasteiger partial charge in [0.05, 0.1) is 12.2 Å². The Labute approximate surface area is 136 Å². The number of rotatable bonds is 3. The van der Waals surface area contributed by atoms with E-state index >= 15 is 0 Å². The minimum atomic E-state index is -0.252. The molecule has 0 fully saturated rings. The fraction of sp³-hybridized carbons (Fsp3) is 0.444. The number of fused-ring (bicyclic) bond motifs is 1. The van der Waals surface area contributed by atoms with E-state index in [4.69, 9.17) is 4.74 Å². The van der Waals surface area contributed by atoms with Crippen molar-refractivity contribution in [3.63, 3.8) is 0 Å². The Morgan fingerprint density at radius 2 is 2.04 bits per heavy atom. The zero-order chi connectivity index (χ0) is 16.4. The number of carbonyl (C=O) groups is 1. The summed E-state index contributed by atoms with van der Waals surface area (Å²) in [5, 5.41) is 4.60. The van der Waals surface area contributed by atoms with E-state index < -0.39 is 0 Å². The van der Waals surface area contributed by atoms with Gasteiger partial charge in [0, 0.05) is 31.3 Å². The molecule has 1 aliphatic rings. The fourth-order valence-corrected chi connectivity index (χ4v) is 3.21. The maximum atomic E-state index is 12.3. The molecule has 5 heteroatoms. The SMILES string of the molecule is CC(C)c1c2c(nn1C)CCN(C(=O)OCc1ccccc1)C2. The molecule has 1 aromatic carbocycles. The summed E-state index contributed by atoms with van der Waals surface area (Å²) >= 11 is 0. The Morgan fingerprint density at radius 3 is 2.74 bits per heavy atom. The minimum absolute atomic E-state index is 0.252. The number of ether oxygens (including phenoxy) is 1. The van der Waals surface area contributed by atoms with Gasteiger partial charge in [0.2, 0.25) is 0 Å². The number of aryl methyl sites for hydroxylation is 1. The molecule has 1 amide bonds. The molecule has 0 saturated carbocycles. The first-order chi connectivity index (χ1) is 11.1. The van der Waals surface area contributed by atoms with Gasteiger partial charge in [0.1, 0.15) is 6.61 Å². The van der Waals surface area contributed by atoms with Gasteiger partial charge >= 0.3 is 6.09 Å².